The lowest BCUT2D eigenvalue weighted by atomic mass is 10.3. The lowest BCUT2D eigenvalue weighted by Crippen LogP contribution is -2.03. The predicted octanol–water partition coefficient (Wildman–Crippen LogP) is 0.0128. The number of Topliss-reactive ketones (excluding diaryl/α,β-unsaturated/α-hetero) is 3. The summed E-state index contributed by atoms with van der Waals surface area (Å²) in [4.78, 5) is 39.1. The van der Waals surface area contributed by atoms with Crippen LogP contribution in [0.5, 0.6) is 0 Å². The van der Waals surface area contributed by atoms with Crippen LogP contribution in [0.25, 0.3) is 0 Å². The molecule has 0 aromatic heterocycles. The number of aldehydes is 1. The van der Waals surface area contributed by atoms with Crippen molar-refractivity contribution < 1.29 is 19.2 Å². The summed E-state index contributed by atoms with van der Waals surface area (Å²) in [7, 11) is 0. The SMILES string of the molecule is CC(=O)CC=O.CC(=O)CCN.CC(=O)CCN. The van der Waals surface area contributed by atoms with Crippen molar-refractivity contribution in [2.75, 3.05) is 13.1 Å². The fraction of sp³-hybridized carbons (Fsp3) is 0.667. The van der Waals surface area contributed by atoms with Crippen molar-refractivity contribution in [3.8, 4) is 0 Å². The Morgan fingerprint density at radius 2 is 1.17 bits per heavy atom. The summed E-state index contributed by atoms with van der Waals surface area (Å²) in [5.41, 5.74) is 10.0. The van der Waals surface area contributed by atoms with Crippen molar-refractivity contribution in [1.82, 2.24) is 0 Å². The highest BCUT2D eigenvalue weighted by molar-refractivity contribution is 5.87. The molecule has 0 fully saturated rings. The van der Waals surface area contributed by atoms with E-state index in [2.05, 4.69) is 0 Å². The van der Waals surface area contributed by atoms with Crippen LogP contribution in [0.3, 0.4) is 0 Å². The Morgan fingerprint density at radius 3 is 1.17 bits per heavy atom. The zero-order valence-electron chi connectivity index (χ0n) is 11.4. The fourth-order valence-corrected chi connectivity index (χ4v) is 0.524. The summed E-state index contributed by atoms with van der Waals surface area (Å²) >= 11 is 0. The van der Waals surface area contributed by atoms with Crippen LogP contribution in [-0.2, 0) is 19.2 Å². The van der Waals surface area contributed by atoms with Crippen LogP contribution in [0.2, 0.25) is 0 Å². The molecule has 0 amide bonds. The topological polar surface area (TPSA) is 120 Å². The summed E-state index contributed by atoms with van der Waals surface area (Å²) in [5, 5.41) is 0. The van der Waals surface area contributed by atoms with Crippen LogP contribution < -0.4 is 11.5 Å². The van der Waals surface area contributed by atoms with Crippen LogP contribution in [0, 0.1) is 0 Å². The molecule has 0 radical (unpaired) electrons. The van der Waals surface area contributed by atoms with Crippen molar-refractivity contribution in [3.05, 3.63) is 0 Å². The van der Waals surface area contributed by atoms with Gasteiger partial charge in [-0.25, -0.2) is 0 Å². The van der Waals surface area contributed by atoms with Gasteiger partial charge in [-0.3, -0.25) is 14.4 Å². The van der Waals surface area contributed by atoms with E-state index in [0.29, 0.717) is 32.2 Å². The van der Waals surface area contributed by atoms with E-state index in [1.54, 1.807) is 0 Å². The molecule has 0 saturated heterocycles. The van der Waals surface area contributed by atoms with Gasteiger partial charge >= 0.3 is 0 Å². The van der Waals surface area contributed by atoms with Crippen molar-refractivity contribution in [2.24, 2.45) is 11.5 Å². The molecule has 0 saturated carbocycles. The molecule has 0 aromatic rings. The lowest BCUT2D eigenvalue weighted by molar-refractivity contribution is -0.121. The second-order valence-electron chi connectivity index (χ2n) is 3.55. The summed E-state index contributed by atoms with van der Waals surface area (Å²) in [6.07, 6.45) is 1.68. The molecular formula is C12H24N2O4. The molecule has 0 aliphatic heterocycles. The van der Waals surface area contributed by atoms with E-state index in [1.165, 1.54) is 20.8 Å². The third kappa shape index (κ3) is 46.8. The van der Waals surface area contributed by atoms with E-state index in [0.717, 1.165) is 0 Å². The van der Waals surface area contributed by atoms with Crippen molar-refractivity contribution in [1.29, 1.82) is 0 Å². The molecule has 0 rings (SSSR count). The van der Waals surface area contributed by atoms with E-state index in [-0.39, 0.29) is 23.8 Å². The van der Waals surface area contributed by atoms with Gasteiger partial charge in [-0.1, -0.05) is 0 Å². The molecule has 0 aliphatic carbocycles. The summed E-state index contributed by atoms with van der Waals surface area (Å²) in [5.74, 6) is 0.250. The Bertz CT molecular complexity index is 236. The first-order chi connectivity index (χ1) is 8.31. The normalized spacial score (nSPS) is 8.06. The second-order valence-corrected chi connectivity index (χ2v) is 3.55. The summed E-state index contributed by atoms with van der Waals surface area (Å²) in [6, 6.07) is 0. The van der Waals surface area contributed by atoms with Gasteiger partial charge in [0.2, 0.25) is 0 Å². The third-order valence-electron chi connectivity index (χ3n) is 1.36. The van der Waals surface area contributed by atoms with Crippen LogP contribution in [0.4, 0.5) is 0 Å². The first-order valence-corrected chi connectivity index (χ1v) is 5.63. The molecule has 0 aliphatic rings. The number of ketones is 3. The maximum absolute atomic E-state index is 9.96. The van der Waals surface area contributed by atoms with Gasteiger partial charge in [-0.2, -0.15) is 0 Å². The molecule has 6 heteroatoms. The zero-order chi connectivity index (χ0) is 15.0. The molecule has 0 spiro atoms. The first-order valence-electron chi connectivity index (χ1n) is 5.63. The molecule has 0 unspecified atom stereocenters. The van der Waals surface area contributed by atoms with Gasteiger partial charge in [0.05, 0.1) is 6.42 Å². The van der Waals surface area contributed by atoms with Crippen molar-refractivity contribution >= 4 is 23.6 Å². The quantitative estimate of drug-likeness (QED) is 0.512. The predicted molar refractivity (Wildman–Crippen MR) is 70.1 cm³/mol. The van der Waals surface area contributed by atoms with E-state index in [1.807, 2.05) is 0 Å². The van der Waals surface area contributed by atoms with Crippen LogP contribution in [-0.4, -0.2) is 36.7 Å². The van der Waals surface area contributed by atoms with E-state index < -0.39 is 0 Å². The molecule has 18 heavy (non-hydrogen) atoms. The monoisotopic (exact) mass is 260 g/mol. The number of hydrogen-bond donors (Lipinski definition) is 2. The summed E-state index contributed by atoms with van der Waals surface area (Å²) in [6.45, 7) is 5.42. The van der Waals surface area contributed by atoms with Crippen LogP contribution >= 0.6 is 0 Å². The van der Waals surface area contributed by atoms with E-state index in [4.69, 9.17) is 11.5 Å². The van der Waals surface area contributed by atoms with Crippen LogP contribution in [0.15, 0.2) is 0 Å². The highest BCUT2D eigenvalue weighted by Crippen LogP contribution is 1.72. The molecule has 106 valence electrons. The zero-order valence-corrected chi connectivity index (χ0v) is 11.4. The van der Waals surface area contributed by atoms with E-state index in [9.17, 15) is 19.2 Å². The number of nitrogens with two attached hydrogens (primary N) is 2. The second kappa shape index (κ2) is 18.0. The van der Waals surface area contributed by atoms with Crippen molar-refractivity contribution in [3.63, 3.8) is 0 Å². The average molecular weight is 260 g/mol. The summed E-state index contributed by atoms with van der Waals surface area (Å²) < 4.78 is 0. The van der Waals surface area contributed by atoms with E-state index >= 15 is 0 Å². The average Bonchev–Trinajstić information content (AvgIpc) is 2.18. The van der Waals surface area contributed by atoms with Gasteiger partial charge in [0.15, 0.2) is 0 Å². The van der Waals surface area contributed by atoms with Gasteiger partial charge in [0, 0.05) is 12.8 Å². The molecule has 0 bridgehead atoms. The number of rotatable bonds is 6. The molecule has 0 atom stereocenters. The first kappa shape index (κ1) is 21.8. The standard InChI is InChI=1S/2C4H9NO.C4H6O2/c3*1-4(6)2-3-5/h2*2-3,5H2,1H3;3H,2H2,1H3. The Morgan fingerprint density at radius 1 is 0.833 bits per heavy atom. The number of carbonyl (C=O) groups is 4. The Balaban J connectivity index is -0.000000187. The maximum atomic E-state index is 9.96. The molecule has 0 heterocycles. The van der Waals surface area contributed by atoms with Gasteiger partial charge in [-0.05, 0) is 33.9 Å². The Hall–Kier alpha value is -1.40. The Kier molecular flexibility index (Phi) is 21.8. The van der Waals surface area contributed by atoms with Gasteiger partial charge in [0.25, 0.3) is 0 Å². The number of hydrogen-bond acceptors (Lipinski definition) is 6. The molecular weight excluding hydrogens is 236 g/mol. The molecule has 6 nitrogen and oxygen atoms in total. The third-order valence-corrected chi connectivity index (χ3v) is 1.36. The van der Waals surface area contributed by atoms with Crippen LogP contribution in [0.1, 0.15) is 40.0 Å². The smallest absolute Gasteiger partial charge is 0.136 e. The molecule has 0 aromatic carbocycles. The maximum Gasteiger partial charge on any atom is 0.136 e. The largest absolute Gasteiger partial charge is 0.330 e. The minimum atomic E-state index is -0.0787. The Labute approximate surface area is 108 Å². The van der Waals surface area contributed by atoms with Crippen molar-refractivity contribution in [2.45, 2.75) is 40.0 Å². The molecule has 4 N–H and O–H groups in total. The minimum Gasteiger partial charge on any atom is -0.330 e. The van der Waals surface area contributed by atoms with Gasteiger partial charge in [-0.15, -0.1) is 0 Å². The van der Waals surface area contributed by atoms with Gasteiger partial charge < -0.3 is 16.3 Å². The lowest BCUT2D eigenvalue weighted by Gasteiger charge is -1.81. The highest BCUT2D eigenvalue weighted by Gasteiger charge is 1.84. The number of carbonyl (C=O) groups excluding carboxylic acids is 4. The minimum absolute atomic E-state index is 0.0556. The fourth-order valence-electron chi connectivity index (χ4n) is 0.524. The highest BCUT2D eigenvalue weighted by atomic mass is 16.1. The van der Waals surface area contributed by atoms with Gasteiger partial charge in [0.1, 0.15) is 23.6 Å².